The second kappa shape index (κ2) is 3.67. The highest BCUT2D eigenvalue weighted by Gasteiger charge is 2.15. The summed E-state index contributed by atoms with van der Waals surface area (Å²) < 4.78 is 13.7. The number of carbonyl (C=O) groups excluding carboxylic acids is 1. The number of carbonyl (C=O) groups is 1. The minimum Gasteiger partial charge on any atom is -0.415 e. The summed E-state index contributed by atoms with van der Waals surface area (Å²) in [7, 11) is 0. The summed E-state index contributed by atoms with van der Waals surface area (Å²) in [5, 5.41) is -0.762. The van der Waals surface area contributed by atoms with Gasteiger partial charge in [-0.1, -0.05) is 0 Å². The second-order valence-corrected chi connectivity index (χ2v) is 1.27. The molecule has 0 aliphatic rings. The first-order valence-corrected chi connectivity index (χ1v) is 2.52. The van der Waals surface area contributed by atoms with E-state index in [-0.39, 0.29) is 18.3 Å². The van der Waals surface area contributed by atoms with Crippen LogP contribution in [0.3, 0.4) is 0 Å². The molecule has 7 heavy (non-hydrogen) atoms. The van der Waals surface area contributed by atoms with Gasteiger partial charge in [0, 0.05) is 0 Å². The van der Waals surface area contributed by atoms with Gasteiger partial charge >= 0.3 is 17.0 Å². The van der Waals surface area contributed by atoms with Crippen LogP contribution in [0, 0.1) is 0 Å². The van der Waals surface area contributed by atoms with Gasteiger partial charge in [0.2, 0.25) is 0 Å². The van der Waals surface area contributed by atoms with E-state index in [0.717, 1.165) is 0 Å². The highest BCUT2D eigenvalue weighted by atomic mass is 32.1. The summed E-state index contributed by atoms with van der Waals surface area (Å²) in [5.41, 5.74) is 0. The van der Waals surface area contributed by atoms with Crippen LogP contribution in [-0.4, -0.2) is 11.9 Å². The maximum absolute atomic E-state index is 9.84. The summed E-state index contributed by atoms with van der Waals surface area (Å²) in [4.78, 5) is 9.84. The lowest BCUT2D eigenvalue weighted by Gasteiger charge is -1.78. The van der Waals surface area contributed by atoms with Crippen molar-refractivity contribution in [2.24, 2.45) is 0 Å². The average Bonchev–Trinajstić information content (AvgIpc) is 1.68. The van der Waals surface area contributed by atoms with Gasteiger partial charge in [-0.05, 0) is 6.92 Å². The molecule has 0 heterocycles. The first-order valence-electron chi connectivity index (χ1n) is 1.77. The predicted octanol–water partition coefficient (Wildman–Crippen LogP) is 0.571. The summed E-state index contributed by atoms with van der Waals surface area (Å²) in [6.45, 7) is 1.92. The summed E-state index contributed by atoms with van der Waals surface area (Å²) in [6.07, 6.45) is 0. The maximum atomic E-state index is 9.84. The molecule has 0 saturated heterocycles. The van der Waals surface area contributed by atoms with Gasteiger partial charge < -0.3 is 4.74 Å². The van der Waals surface area contributed by atoms with Crippen molar-refractivity contribution in [3.05, 3.63) is 0 Å². The van der Waals surface area contributed by atoms with Crippen molar-refractivity contribution in [1.29, 1.82) is 0 Å². The zero-order chi connectivity index (χ0) is 5.70. The molecule has 0 unspecified atom stereocenters. The molecule has 0 amide bonds. The molecule has 4 heteroatoms. The maximum Gasteiger partial charge on any atom is 0.661 e. The van der Waals surface area contributed by atoms with Crippen LogP contribution in [-0.2, 0) is 20.6 Å². The molecule has 0 aliphatic heterocycles. The number of hydrogen-bond donors (Lipinski definition) is 0. The Balaban J connectivity index is 3.17. The molecule has 0 saturated carbocycles. The third-order valence-electron chi connectivity index (χ3n) is 0.330. The van der Waals surface area contributed by atoms with Gasteiger partial charge in [0.25, 0.3) is 0 Å². The summed E-state index contributed by atoms with van der Waals surface area (Å²) >= 11 is -0.162. The lowest BCUT2D eigenvalue weighted by atomic mass is 10.9. The zero-order valence-corrected chi connectivity index (χ0v) is 4.66. The van der Waals surface area contributed by atoms with E-state index in [4.69, 9.17) is 0 Å². The van der Waals surface area contributed by atoms with Crippen LogP contribution < -0.4 is 0 Å². The molecule has 3 nitrogen and oxygen atoms in total. The number of rotatable bonds is 1. The van der Waals surface area contributed by atoms with E-state index in [1.807, 2.05) is 0 Å². The summed E-state index contributed by atoms with van der Waals surface area (Å²) in [5.74, 6) is 0. The van der Waals surface area contributed by atoms with E-state index in [1.54, 1.807) is 6.92 Å². The van der Waals surface area contributed by atoms with Crippen LogP contribution in [0.5, 0.6) is 0 Å². The topological polar surface area (TPSA) is 43.4 Å². The Morgan fingerprint density at radius 2 is 2.43 bits per heavy atom. The lowest BCUT2D eigenvalue weighted by Crippen LogP contribution is -1.96. The van der Waals surface area contributed by atoms with Gasteiger partial charge in [-0.15, -0.1) is 0 Å². The minimum absolute atomic E-state index is 0.162. The van der Waals surface area contributed by atoms with Gasteiger partial charge in [-0.2, -0.15) is 4.79 Å². The van der Waals surface area contributed by atoms with Gasteiger partial charge in [-0.25, -0.2) is 0 Å². The molecule has 0 aromatic rings. The van der Waals surface area contributed by atoms with Gasteiger partial charge in [-0.3, -0.25) is 0 Å². The van der Waals surface area contributed by atoms with Crippen LogP contribution in [0.1, 0.15) is 6.92 Å². The highest BCUT2D eigenvalue weighted by Crippen LogP contribution is 1.75. The van der Waals surface area contributed by atoms with E-state index in [0.29, 0.717) is 0 Å². The molecule has 0 aromatic carbocycles. The third-order valence-corrected chi connectivity index (χ3v) is 0.584. The molecule has 0 aliphatic carbocycles. The van der Waals surface area contributed by atoms with Crippen molar-refractivity contribution in [2.45, 2.75) is 6.92 Å². The molecular weight excluding hydrogens is 116 g/mol. The zero-order valence-electron chi connectivity index (χ0n) is 3.84. The van der Waals surface area contributed by atoms with E-state index in [2.05, 4.69) is 4.74 Å². The van der Waals surface area contributed by atoms with Crippen LogP contribution in [0.15, 0.2) is 0 Å². The van der Waals surface area contributed by atoms with Gasteiger partial charge in [0.15, 0.2) is 0 Å². The molecule has 0 aromatic heterocycles. The Kier molecular flexibility index (Phi) is 3.40. The largest absolute Gasteiger partial charge is 0.661 e. The van der Waals surface area contributed by atoms with Crippen molar-refractivity contribution in [2.75, 3.05) is 6.61 Å². The number of ether oxygens (including phenoxy) is 1. The second-order valence-electron chi connectivity index (χ2n) is 0.766. The predicted molar refractivity (Wildman–Crippen MR) is 25.1 cm³/mol. The number of hydrogen-bond acceptors (Lipinski definition) is 3. The average molecular weight is 121 g/mol. The first kappa shape index (κ1) is 6.49. The Morgan fingerprint density at radius 3 is 2.57 bits per heavy atom. The molecule has 0 atom stereocenters. The Morgan fingerprint density at radius 1 is 1.86 bits per heavy atom. The fraction of sp³-hybridized carbons (Fsp3) is 0.667. The van der Waals surface area contributed by atoms with E-state index in [9.17, 15) is 9.00 Å². The lowest BCUT2D eigenvalue weighted by molar-refractivity contribution is 0.180. The van der Waals surface area contributed by atoms with Gasteiger partial charge in [0.1, 0.15) is 0 Å². The van der Waals surface area contributed by atoms with Crippen LogP contribution >= 0.6 is 0 Å². The Bertz CT molecular complexity index is 80.2. The molecule has 0 spiro atoms. The SMILES string of the molecule is CCOC(=O)[S+]=O. The molecule has 0 N–H and O–H groups in total. The van der Waals surface area contributed by atoms with Crippen LogP contribution in [0.25, 0.3) is 0 Å². The van der Waals surface area contributed by atoms with Crippen LogP contribution in [0.2, 0.25) is 0 Å². The first-order chi connectivity index (χ1) is 3.31. The van der Waals surface area contributed by atoms with E-state index < -0.39 is 5.30 Å². The van der Waals surface area contributed by atoms with Crippen molar-refractivity contribution >= 4 is 17.0 Å². The van der Waals surface area contributed by atoms with Crippen molar-refractivity contribution in [1.82, 2.24) is 0 Å². The fourth-order valence-electron chi connectivity index (χ4n) is 0.142. The minimum atomic E-state index is -0.762. The molecule has 40 valence electrons. The Hall–Kier alpha value is -0.510. The van der Waals surface area contributed by atoms with Gasteiger partial charge in [0.05, 0.1) is 10.8 Å². The van der Waals surface area contributed by atoms with E-state index >= 15 is 0 Å². The molecular formula is C3H5O3S+. The smallest absolute Gasteiger partial charge is 0.415 e. The fourth-order valence-corrected chi connectivity index (χ4v) is 0.308. The third kappa shape index (κ3) is 3.32. The van der Waals surface area contributed by atoms with Crippen LogP contribution in [0.4, 0.5) is 4.79 Å². The molecule has 0 fully saturated rings. The molecule has 0 bridgehead atoms. The highest BCUT2D eigenvalue weighted by molar-refractivity contribution is 7.82. The Labute approximate surface area is 45.2 Å². The molecule has 0 radical (unpaired) electrons. The van der Waals surface area contributed by atoms with Crippen molar-refractivity contribution in [3.8, 4) is 0 Å². The monoisotopic (exact) mass is 121 g/mol. The molecule has 0 rings (SSSR count). The standard InChI is InChI=1S/C3H5O3S/c1-2-6-3(4)7-5/h2H2,1H3/q+1. The quantitative estimate of drug-likeness (QED) is 0.376. The normalized spacial score (nSPS) is 7.57. The van der Waals surface area contributed by atoms with E-state index in [1.165, 1.54) is 0 Å². The van der Waals surface area contributed by atoms with Crippen molar-refractivity contribution < 1.29 is 13.7 Å². The van der Waals surface area contributed by atoms with Crippen molar-refractivity contribution in [3.63, 3.8) is 0 Å². The summed E-state index contributed by atoms with van der Waals surface area (Å²) in [6, 6.07) is 0.